The molecule has 2 heterocycles. The predicted octanol–water partition coefficient (Wildman–Crippen LogP) is 1.24. The van der Waals surface area contributed by atoms with Gasteiger partial charge in [-0.05, 0) is 25.5 Å². The second-order valence-corrected chi connectivity index (χ2v) is 8.31. The molecule has 0 bridgehead atoms. The van der Waals surface area contributed by atoms with E-state index in [1.807, 2.05) is 13.0 Å². The number of benzene rings is 1. The number of fused-ring (bicyclic) bond motifs is 1. The number of carbonyl (C=O) groups is 1. The zero-order chi connectivity index (χ0) is 18.0. The van der Waals surface area contributed by atoms with Crippen LogP contribution < -0.4 is 9.04 Å². The number of carbonyl (C=O) groups excluding carboxylic acids is 1. The van der Waals surface area contributed by atoms with Crippen LogP contribution in [0.2, 0.25) is 0 Å². The number of para-hydroxylation sites is 2. The molecule has 25 heavy (non-hydrogen) atoms. The van der Waals surface area contributed by atoms with Gasteiger partial charge in [0.1, 0.15) is 11.9 Å². The first-order chi connectivity index (χ1) is 11.9. The van der Waals surface area contributed by atoms with Gasteiger partial charge in [-0.1, -0.05) is 12.1 Å². The van der Waals surface area contributed by atoms with Gasteiger partial charge in [0, 0.05) is 19.5 Å². The van der Waals surface area contributed by atoms with E-state index in [-0.39, 0.29) is 18.1 Å². The van der Waals surface area contributed by atoms with Crippen LogP contribution in [0.1, 0.15) is 19.8 Å². The van der Waals surface area contributed by atoms with E-state index in [9.17, 15) is 13.2 Å². The van der Waals surface area contributed by atoms with E-state index in [1.165, 1.54) is 10.6 Å². The average Bonchev–Trinajstić information content (AvgIpc) is 2.59. The van der Waals surface area contributed by atoms with Crippen molar-refractivity contribution in [1.82, 2.24) is 4.90 Å². The lowest BCUT2D eigenvalue weighted by atomic mass is 10.0. The van der Waals surface area contributed by atoms with Crippen molar-refractivity contribution in [3.05, 3.63) is 24.3 Å². The maximum Gasteiger partial charge on any atom is 0.232 e. The molecule has 8 heteroatoms. The second-order valence-electron chi connectivity index (χ2n) is 6.46. The van der Waals surface area contributed by atoms with Gasteiger partial charge in [0.15, 0.2) is 0 Å². The minimum Gasteiger partial charge on any atom is -0.486 e. The van der Waals surface area contributed by atoms with Gasteiger partial charge in [-0.2, -0.15) is 0 Å². The monoisotopic (exact) mass is 368 g/mol. The molecule has 7 nitrogen and oxygen atoms in total. The molecule has 138 valence electrons. The average molecular weight is 368 g/mol. The maximum atomic E-state index is 12.4. The summed E-state index contributed by atoms with van der Waals surface area (Å²) in [5.41, 5.74) is 0.549. The molecule has 0 N–H and O–H groups in total. The Labute approximate surface area is 148 Å². The van der Waals surface area contributed by atoms with Crippen molar-refractivity contribution >= 4 is 21.6 Å². The van der Waals surface area contributed by atoms with E-state index in [0.717, 1.165) is 0 Å². The summed E-state index contributed by atoms with van der Waals surface area (Å²) in [6.07, 6.45) is 1.63. The third kappa shape index (κ3) is 3.90. The minimum absolute atomic E-state index is 0.0591. The molecule has 1 saturated heterocycles. The van der Waals surface area contributed by atoms with Gasteiger partial charge in [0.25, 0.3) is 0 Å². The number of nitrogens with zero attached hydrogens (tertiary/aromatic N) is 2. The molecule has 0 aromatic heterocycles. The second kappa shape index (κ2) is 7.21. The van der Waals surface area contributed by atoms with Crippen LogP contribution in [-0.2, 0) is 19.6 Å². The molecule has 2 atom stereocenters. The summed E-state index contributed by atoms with van der Waals surface area (Å²) in [5, 5.41) is 0. The third-order valence-corrected chi connectivity index (χ3v) is 5.90. The molecule has 1 fully saturated rings. The van der Waals surface area contributed by atoms with Crippen LogP contribution in [-0.4, -0.2) is 63.9 Å². The molecule has 0 radical (unpaired) electrons. The fraction of sp³-hybridized carbons (Fsp3) is 0.588. The molecule has 0 aliphatic carbocycles. The van der Waals surface area contributed by atoms with Crippen molar-refractivity contribution in [2.45, 2.75) is 31.9 Å². The zero-order valence-corrected chi connectivity index (χ0v) is 15.4. The topological polar surface area (TPSA) is 76.2 Å². The standard InChI is InChI=1S/C17H24N2O5S/c1-13-15(7-8-17(20)18-9-11-23-12-10-18)24-16-6-4-3-5-14(16)19(13)25(2,21)22/h3-6,13,15H,7-12H2,1-2H3/t13-,15?/m1/s1. The molecule has 0 spiro atoms. The number of ether oxygens (including phenoxy) is 2. The normalized spacial score (nSPS) is 23.8. The van der Waals surface area contributed by atoms with E-state index in [2.05, 4.69) is 0 Å². The van der Waals surface area contributed by atoms with Crippen molar-refractivity contribution in [3.63, 3.8) is 0 Å². The highest BCUT2D eigenvalue weighted by Crippen LogP contribution is 2.38. The fourth-order valence-electron chi connectivity index (χ4n) is 3.39. The van der Waals surface area contributed by atoms with Gasteiger partial charge < -0.3 is 14.4 Å². The molecule has 1 unspecified atom stereocenters. The van der Waals surface area contributed by atoms with Crippen molar-refractivity contribution in [2.24, 2.45) is 0 Å². The number of hydrogen-bond donors (Lipinski definition) is 0. The summed E-state index contributed by atoms with van der Waals surface area (Å²) < 4.78 is 37.2. The highest BCUT2D eigenvalue weighted by molar-refractivity contribution is 7.92. The van der Waals surface area contributed by atoms with E-state index in [1.54, 1.807) is 23.1 Å². The van der Waals surface area contributed by atoms with Crippen LogP contribution in [0.25, 0.3) is 0 Å². The molecule has 1 aromatic carbocycles. The highest BCUT2D eigenvalue weighted by atomic mass is 32.2. The maximum absolute atomic E-state index is 12.4. The number of sulfonamides is 1. The summed E-state index contributed by atoms with van der Waals surface area (Å²) >= 11 is 0. The molecular weight excluding hydrogens is 344 g/mol. The highest BCUT2D eigenvalue weighted by Gasteiger charge is 2.37. The molecule has 1 amide bonds. The SMILES string of the molecule is C[C@@H]1C(CCC(=O)N2CCOCC2)Oc2ccccc2N1S(C)(=O)=O. The largest absolute Gasteiger partial charge is 0.486 e. The number of hydrogen-bond acceptors (Lipinski definition) is 5. The molecule has 0 saturated carbocycles. The first-order valence-corrected chi connectivity index (χ1v) is 10.3. The number of anilines is 1. The van der Waals surface area contributed by atoms with Crippen LogP contribution in [0, 0.1) is 0 Å². The number of morpholine rings is 1. The van der Waals surface area contributed by atoms with Crippen LogP contribution in [0.3, 0.4) is 0 Å². The van der Waals surface area contributed by atoms with Gasteiger partial charge in [0.2, 0.25) is 15.9 Å². The Bertz CT molecular complexity index is 730. The predicted molar refractivity (Wildman–Crippen MR) is 94.3 cm³/mol. The molecule has 2 aliphatic heterocycles. The molecular formula is C17H24N2O5S. The lowest BCUT2D eigenvalue weighted by molar-refractivity contribution is -0.135. The van der Waals surface area contributed by atoms with E-state index < -0.39 is 10.0 Å². The van der Waals surface area contributed by atoms with E-state index in [4.69, 9.17) is 9.47 Å². The molecule has 2 aliphatic rings. The Morgan fingerprint density at radius 3 is 2.60 bits per heavy atom. The van der Waals surface area contributed by atoms with Crippen LogP contribution in [0.5, 0.6) is 5.75 Å². The smallest absolute Gasteiger partial charge is 0.232 e. The Morgan fingerprint density at radius 2 is 1.92 bits per heavy atom. The molecule has 1 aromatic rings. The summed E-state index contributed by atoms with van der Waals surface area (Å²) in [6, 6.07) is 6.72. The Balaban J connectivity index is 1.73. The van der Waals surface area contributed by atoms with E-state index in [0.29, 0.717) is 50.6 Å². The Kier molecular flexibility index (Phi) is 5.19. The quantitative estimate of drug-likeness (QED) is 0.799. The van der Waals surface area contributed by atoms with Gasteiger partial charge in [-0.3, -0.25) is 9.10 Å². The molecule has 3 rings (SSSR count). The van der Waals surface area contributed by atoms with Crippen LogP contribution in [0.15, 0.2) is 24.3 Å². The van der Waals surface area contributed by atoms with Crippen molar-refractivity contribution in [1.29, 1.82) is 0 Å². The summed E-state index contributed by atoms with van der Waals surface area (Å²) in [6.45, 7) is 4.17. The third-order valence-electron chi connectivity index (χ3n) is 4.65. The summed E-state index contributed by atoms with van der Waals surface area (Å²) in [7, 11) is -3.44. The first-order valence-electron chi connectivity index (χ1n) is 8.48. The van der Waals surface area contributed by atoms with Gasteiger partial charge >= 0.3 is 0 Å². The zero-order valence-electron chi connectivity index (χ0n) is 14.6. The summed E-state index contributed by atoms with van der Waals surface area (Å²) in [5.74, 6) is 0.596. The fourth-order valence-corrected chi connectivity index (χ4v) is 4.64. The van der Waals surface area contributed by atoms with Gasteiger partial charge in [-0.15, -0.1) is 0 Å². The van der Waals surface area contributed by atoms with Crippen LogP contribution >= 0.6 is 0 Å². The first kappa shape index (κ1) is 18.0. The Morgan fingerprint density at radius 1 is 1.24 bits per heavy atom. The van der Waals surface area contributed by atoms with Gasteiger partial charge in [0.05, 0.1) is 31.2 Å². The lowest BCUT2D eigenvalue weighted by Gasteiger charge is -2.40. The van der Waals surface area contributed by atoms with Gasteiger partial charge in [-0.25, -0.2) is 8.42 Å². The minimum atomic E-state index is -3.44. The lowest BCUT2D eigenvalue weighted by Crippen LogP contribution is -2.51. The van der Waals surface area contributed by atoms with Crippen molar-refractivity contribution in [2.75, 3.05) is 36.9 Å². The number of amides is 1. The Hall–Kier alpha value is -1.80. The van der Waals surface area contributed by atoms with Crippen molar-refractivity contribution < 1.29 is 22.7 Å². The number of rotatable bonds is 4. The van der Waals surface area contributed by atoms with Crippen LogP contribution in [0.4, 0.5) is 5.69 Å². The summed E-state index contributed by atoms with van der Waals surface area (Å²) in [4.78, 5) is 14.1. The van der Waals surface area contributed by atoms with Crippen molar-refractivity contribution in [3.8, 4) is 5.75 Å². The van der Waals surface area contributed by atoms with E-state index >= 15 is 0 Å².